The SMILES string of the molecule is CCCOC(=O)CONc1cc(Oc2nn(C)c(C(F)(F)F)c2Cl)ccc1Cl. The molecule has 2 aromatic rings. The average Bonchev–Trinajstić information content (AvgIpc) is 2.89. The molecule has 0 fully saturated rings. The van der Waals surface area contributed by atoms with Gasteiger partial charge in [0.25, 0.3) is 5.88 Å². The molecule has 0 unspecified atom stereocenters. The van der Waals surface area contributed by atoms with Crippen molar-refractivity contribution in [2.45, 2.75) is 19.5 Å². The number of benzene rings is 1. The van der Waals surface area contributed by atoms with E-state index < -0.39 is 28.7 Å². The summed E-state index contributed by atoms with van der Waals surface area (Å²) >= 11 is 11.8. The van der Waals surface area contributed by atoms with Crippen molar-refractivity contribution < 1.29 is 32.3 Å². The monoisotopic (exact) mass is 441 g/mol. The first kappa shape index (κ1) is 22.1. The largest absolute Gasteiger partial charge is 0.464 e. The predicted molar refractivity (Wildman–Crippen MR) is 95.6 cm³/mol. The van der Waals surface area contributed by atoms with Gasteiger partial charge < -0.3 is 9.47 Å². The number of ether oxygens (including phenoxy) is 2. The second-order valence-electron chi connectivity index (χ2n) is 5.44. The van der Waals surface area contributed by atoms with Gasteiger partial charge in [0.2, 0.25) is 0 Å². The van der Waals surface area contributed by atoms with Crippen LogP contribution in [0.25, 0.3) is 0 Å². The molecule has 1 heterocycles. The van der Waals surface area contributed by atoms with Crippen LogP contribution in [0.5, 0.6) is 11.6 Å². The number of esters is 1. The lowest BCUT2D eigenvalue weighted by Gasteiger charge is -2.10. The molecule has 12 heteroatoms. The van der Waals surface area contributed by atoms with Crippen LogP contribution in [0.2, 0.25) is 10.0 Å². The highest BCUT2D eigenvalue weighted by atomic mass is 35.5. The fourth-order valence-corrected chi connectivity index (χ4v) is 2.50. The molecule has 0 aliphatic rings. The zero-order valence-corrected chi connectivity index (χ0v) is 16.3. The highest BCUT2D eigenvalue weighted by Gasteiger charge is 2.39. The zero-order valence-electron chi connectivity index (χ0n) is 14.8. The number of carbonyl (C=O) groups is 1. The van der Waals surface area contributed by atoms with Crippen molar-refractivity contribution >= 4 is 34.9 Å². The van der Waals surface area contributed by atoms with E-state index in [-0.39, 0.29) is 29.7 Å². The van der Waals surface area contributed by atoms with Crippen molar-refractivity contribution in [2.75, 3.05) is 18.7 Å². The summed E-state index contributed by atoms with van der Waals surface area (Å²) in [6.45, 7) is 1.75. The topological polar surface area (TPSA) is 74.6 Å². The number of hydrogen-bond acceptors (Lipinski definition) is 6. The Labute approximate surface area is 168 Å². The lowest BCUT2D eigenvalue weighted by molar-refractivity contribution is -0.148. The van der Waals surface area contributed by atoms with Gasteiger partial charge in [-0.05, 0) is 18.6 Å². The van der Waals surface area contributed by atoms with Crippen LogP contribution < -0.4 is 10.2 Å². The Bertz CT molecular complexity index is 843. The number of carbonyl (C=O) groups excluding carboxylic acids is 1. The minimum Gasteiger partial charge on any atom is -0.464 e. The van der Waals surface area contributed by atoms with Gasteiger partial charge in [-0.25, -0.2) is 4.79 Å². The molecule has 0 saturated carbocycles. The normalized spacial score (nSPS) is 11.4. The third-order valence-electron chi connectivity index (χ3n) is 3.22. The van der Waals surface area contributed by atoms with Crippen molar-refractivity contribution in [3.05, 3.63) is 33.9 Å². The van der Waals surface area contributed by atoms with Gasteiger partial charge in [0.15, 0.2) is 12.3 Å². The molecule has 28 heavy (non-hydrogen) atoms. The lowest BCUT2D eigenvalue weighted by Crippen LogP contribution is -2.16. The Hall–Kier alpha value is -2.17. The summed E-state index contributed by atoms with van der Waals surface area (Å²) in [5.41, 5.74) is 1.53. The van der Waals surface area contributed by atoms with Crippen molar-refractivity contribution in [1.29, 1.82) is 0 Å². The van der Waals surface area contributed by atoms with Crippen molar-refractivity contribution in [2.24, 2.45) is 7.05 Å². The maximum Gasteiger partial charge on any atom is 0.434 e. The Balaban J connectivity index is 2.08. The van der Waals surface area contributed by atoms with Gasteiger partial charge in [-0.2, -0.15) is 13.2 Å². The summed E-state index contributed by atoms with van der Waals surface area (Å²) in [4.78, 5) is 16.4. The molecule has 1 N–H and O–H groups in total. The van der Waals surface area contributed by atoms with Crippen LogP contribution in [0.4, 0.5) is 18.9 Å². The third-order valence-corrected chi connectivity index (χ3v) is 3.89. The Kier molecular flexibility index (Phi) is 7.39. The summed E-state index contributed by atoms with van der Waals surface area (Å²) in [5, 5.41) is 3.18. The fourth-order valence-electron chi connectivity index (χ4n) is 2.03. The van der Waals surface area contributed by atoms with E-state index in [1.165, 1.54) is 18.2 Å². The minimum absolute atomic E-state index is 0.0952. The molecule has 1 aromatic carbocycles. The highest BCUT2D eigenvalue weighted by Crippen LogP contribution is 2.40. The van der Waals surface area contributed by atoms with E-state index in [0.29, 0.717) is 11.1 Å². The standard InChI is InChI=1S/C16H16Cl2F3N3O4/c1-3-6-26-12(25)8-27-23-11-7-9(4-5-10(11)17)28-15-13(18)14(16(19,20)21)24(2)22-15/h4-5,7,23H,3,6,8H2,1-2H3. The number of halogens is 5. The third kappa shape index (κ3) is 5.66. The summed E-state index contributed by atoms with van der Waals surface area (Å²) in [6.07, 6.45) is -4.01. The van der Waals surface area contributed by atoms with Crippen LogP contribution in [0.1, 0.15) is 19.0 Å². The van der Waals surface area contributed by atoms with E-state index in [0.717, 1.165) is 7.05 Å². The van der Waals surface area contributed by atoms with Crippen LogP contribution in [-0.2, 0) is 27.6 Å². The van der Waals surface area contributed by atoms with E-state index in [4.69, 9.17) is 37.5 Å². The number of anilines is 1. The van der Waals surface area contributed by atoms with Gasteiger partial charge in [0.1, 0.15) is 10.8 Å². The van der Waals surface area contributed by atoms with Crippen molar-refractivity contribution in [1.82, 2.24) is 9.78 Å². The van der Waals surface area contributed by atoms with E-state index in [1.54, 1.807) is 0 Å². The first-order chi connectivity index (χ1) is 13.1. The number of aromatic nitrogens is 2. The second kappa shape index (κ2) is 9.35. The lowest BCUT2D eigenvalue weighted by atomic mass is 10.3. The first-order valence-corrected chi connectivity index (χ1v) is 8.69. The maximum absolute atomic E-state index is 13.0. The molecule has 7 nitrogen and oxygen atoms in total. The number of hydrogen-bond donors (Lipinski definition) is 1. The van der Waals surface area contributed by atoms with E-state index in [2.05, 4.69) is 10.6 Å². The number of aryl methyl sites for hydroxylation is 1. The van der Waals surface area contributed by atoms with Gasteiger partial charge >= 0.3 is 12.1 Å². The highest BCUT2D eigenvalue weighted by molar-refractivity contribution is 6.33. The number of nitrogens with zero attached hydrogens (tertiary/aromatic N) is 2. The van der Waals surface area contributed by atoms with Crippen LogP contribution >= 0.6 is 23.2 Å². The number of rotatable bonds is 8. The van der Waals surface area contributed by atoms with Gasteiger partial charge in [0, 0.05) is 13.1 Å². The van der Waals surface area contributed by atoms with Crippen LogP contribution in [0.15, 0.2) is 18.2 Å². The summed E-state index contributed by atoms with van der Waals surface area (Å²) in [6, 6.07) is 4.17. The Morgan fingerprint density at radius 2 is 2.04 bits per heavy atom. The molecule has 0 aliphatic carbocycles. The first-order valence-electron chi connectivity index (χ1n) is 7.94. The van der Waals surface area contributed by atoms with Gasteiger partial charge in [0.05, 0.1) is 17.3 Å². The molecular formula is C16H16Cl2F3N3O4. The molecule has 1 aromatic heterocycles. The summed E-state index contributed by atoms with van der Waals surface area (Å²) in [5.74, 6) is -0.899. The molecule has 0 spiro atoms. The van der Waals surface area contributed by atoms with Gasteiger partial charge in [-0.1, -0.05) is 30.1 Å². The van der Waals surface area contributed by atoms with Crippen LogP contribution in [0.3, 0.4) is 0 Å². The summed E-state index contributed by atoms with van der Waals surface area (Å²) in [7, 11) is 1.10. The molecule has 0 amide bonds. The molecule has 0 aliphatic heterocycles. The van der Waals surface area contributed by atoms with E-state index >= 15 is 0 Å². The molecular weight excluding hydrogens is 426 g/mol. The predicted octanol–water partition coefficient (Wildman–Crippen LogP) is 4.83. The smallest absolute Gasteiger partial charge is 0.434 e. The molecule has 0 bridgehead atoms. The minimum atomic E-state index is -4.69. The van der Waals surface area contributed by atoms with Crippen molar-refractivity contribution in [3.63, 3.8) is 0 Å². The zero-order chi connectivity index (χ0) is 20.9. The molecule has 0 radical (unpaired) electrons. The molecule has 0 atom stereocenters. The molecule has 2 rings (SSSR count). The maximum atomic E-state index is 13.0. The van der Waals surface area contributed by atoms with Crippen LogP contribution in [-0.4, -0.2) is 29.0 Å². The fraction of sp³-hybridized carbons (Fsp3) is 0.375. The Morgan fingerprint density at radius 1 is 1.32 bits per heavy atom. The van der Waals surface area contributed by atoms with Gasteiger partial charge in [-0.15, -0.1) is 5.10 Å². The average molecular weight is 442 g/mol. The van der Waals surface area contributed by atoms with E-state index in [9.17, 15) is 18.0 Å². The van der Waals surface area contributed by atoms with E-state index in [1.807, 2.05) is 6.92 Å². The number of nitrogens with one attached hydrogen (secondary N) is 1. The molecule has 154 valence electrons. The second-order valence-corrected chi connectivity index (χ2v) is 6.23. The van der Waals surface area contributed by atoms with Gasteiger partial charge in [-0.3, -0.25) is 15.0 Å². The quantitative estimate of drug-likeness (QED) is 0.466. The molecule has 0 saturated heterocycles. The Morgan fingerprint density at radius 3 is 2.64 bits per heavy atom. The van der Waals surface area contributed by atoms with Crippen LogP contribution in [0, 0.1) is 0 Å². The summed E-state index contributed by atoms with van der Waals surface area (Å²) < 4.78 is 49.7. The number of alkyl halides is 3. The van der Waals surface area contributed by atoms with Crippen molar-refractivity contribution in [3.8, 4) is 11.6 Å².